The second-order valence-electron chi connectivity index (χ2n) is 17.1. The van der Waals surface area contributed by atoms with Gasteiger partial charge in [-0.15, -0.1) is 0 Å². The fraction of sp³-hybridized carbons (Fsp3) is 0.372. The lowest BCUT2D eigenvalue weighted by Crippen LogP contribution is -2.38. The third-order valence-electron chi connectivity index (χ3n) is 11.7. The molecule has 1 fully saturated rings. The number of Topliss-reactive ketones (excluding diaryl/α,β-unsaturated/α-hetero) is 1. The number of carbonyl (C=O) groups excluding carboxylic acids is 3. The van der Waals surface area contributed by atoms with Crippen LogP contribution in [-0.4, -0.2) is 53.1 Å². The molecule has 8 rings (SSSR count). The van der Waals surface area contributed by atoms with Crippen LogP contribution in [-0.2, 0) is 46.2 Å². The van der Waals surface area contributed by atoms with Gasteiger partial charge in [0.2, 0.25) is 5.91 Å². The molecule has 0 spiro atoms. The normalized spacial score (nSPS) is 17.7. The summed E-state index contributed by atoms with van der Waals surface area (Å²) >= 11 is 6.67. The van der Waals surface area contributed by atoms with E-state index in [1.807, 2.05) is 0 Å². The summed E-state index contributed by atoms with van der Waals surface area (Å²) in [6, 6.07) is 5.20. The van der Waals surface area contributed by atoms with Crippen molar-refractivity contribution in [3.63, 3.8) is 0 Å². The zero-order chi connectivity index (χ0) is 46.5. The standard InChI is InChI=1S/C43H37ClF8N8O4/c1-18(62)29(17-61)54-38-33-26(44)8-9-30(35(33)58(5)57-38)60-39(55-27-13-20(6-7-23(27)40(60)64)43(51,52)41(2,3)4)28(12-19-10-21(45)14-22(46)11-19)53-31(63)16-59-36-32(34(56-59)37(47)48)24-15-25(24)42(36,49)50/h6-11,13-14,17,24-25,28-29,37H,12,15-16H2,1-5H3,(H,53,63)(H,54,57)/t24-,25?,28+,29?/m1/s1. The number of carbonyl (C=O) groups is 3. The van der Waals surface area contributed by atoms with Crippen molar-refractivity contribution in [2.75, 3.05) is 5.32 Å². The summed E-state index contributed by atoms with van der Waals surface area (Å²) in [5.41, 5.74) is -5.60. The average Bonchev–Trinajstić information content (AvgIpc) is 3.73. The molecule has 2 aliphatic carbocycles. The van der Waals surface area contributed by atoms with Crippen molar-refractivity contribution >= 4 is 57.2 Å². The van der Waals surface area contributed by atoms with Gasteiger partial charge in [0.05, 0.1) is 38.6 Å². The number of aldehydes is 1. The first kappa shape index (κ1) is 44.4. The number of aryl methyl sites for hydroxylation is 1. The second kappa shape index (κ2) is 15.5. The number of amides is 1. The molecule has 3 aromatic carbocycles. The van der Waals surface area contributed by atoms with Gasteiger partial charge in [0.25, 0.3) is 23.8 Å². The van der Waals surface area contributed by atoms with E-state index in [0.29, 0.717) is 17.0 Å². The lowest BCUT2D eigenvalue weighted by atomic mass is 9.83. The number of nitrogens with zero attached hydrogens (tertiary/aromatic N) is 6. The first-order chi connectivity index (χ1) is 29.9. The molecule has 64 heavy (non-hydrogen) atoms. The molecule has 21 heteroatoms. The van der Waals surface area contributed by atoms with E-state index in [9.17, 15) is 36.7 Å². The molecule has 336 valence electrons. The molecule has 2 unspecified atom stereocenters. The molecule has 3 aromatic heterocycles. The van der Waals surface area contributed by atoms with Crippen molar-refractivity contribution in [1.82, 2.24) is 34.4 Å². The number of ketones is 1. The van der Waals surface area contributed by atoms with E-state index in [-0.39, 0.29) is 55.9 Å². The maximum absolute atomic E-state index is 15.9. The highest BCUT2D eigenvalue weighted by atomic mass is 35.5. The predicted molar refractivity (Wildman–Crippen MR) is 217 cm³/mol. The number of fused-ring (bicyclic) bond motifs is 5. The fourth-order valence-corrected chi connectivity index (χ4v) is 8.68. The highest BCUT2D eigenvalue weighted by Crippen LogP contribution is 2.68. The van der Waals surface area contributed by atoms with Gasteiger partial charge in [-0.1, -0.05) is 38.4 Å². The number of halogens is 9. The van der Waals surface area contributed by atoms with Crippen LogP contribution in [0, 0.1) is 23.0 Å². The number of hydrogen-bond donors (Lipinski definition) is 2. The summed E-state index contributed by atoms with van der Waals surface area (Å²) in [5, 5.41) is 13.3. The van der Waals surface area contributed by atoms with Crippen LogP contribution in [0.15, 0.2) is 53.3 Å². The average molecular weight is 917 g/mol. The van der Waals surface area contributed by atoms with Crippen LogP contribution in [0.1, 0.15) is 86.4 Å². The minimum Gasteiger partial charge on any atom is -0.352 e. The van der Waals surface area contributed by atoms with Crippen molar-refractivity contribution in [3.8, 4) is 5.69 Å². The summed E-state index contributed by atoms with van der Waals surface area (Å²) in [5.74, 6) is -13.5. The summed E-state index contributed by atoms with van der Waals surface area (Å²) in [6.45, 7) is 3.99. The van der Waals surface area contributed by atoms with Crippen molar-refractivity contribution in [1.29, 1.82) is 0 Å². The van der Waals surface area contributed by atoms with Crippen LogP contribution in [0.3, 0.4) is 0 Å². The van der Waals surface area contributed by atoms with Gasteiger partial charge in [0.15, 0.2) is 11.6 Å². The fourth-order valence-electron chi connectivity index (χ4n) is 8.44. The van der Waals surface area contributed by atoms with E-state index in [4.69, 9.17) is 11.6 Å². The molecule has 6 aromatic rings. The number of rotatable bonds is 13. The maximum Gasteiger partial charge on any atom is 0.293 e. The molecule has 2 aliphatic rings. The Hall–Kier alpha value is -6.18. The molecule has 2 N–H and O–H groups in total. The quantitative estimate of drug-likeness (QED) is 0.0669. The number of hydrogen-bond acceptors (Lipinski definition) is 8. The number of aromatic nitrogens is 6. The van der Waals surface area contributed by atoms with Crippen LogP contribution in [0.2, 0.25) is 5.02 Å². The van der Waals surface area contributed by atoms with Crippen LogP contribution in [0.4, 0.5) is 40.9 Å². The summed E-state index contributed by atoms with van der Waals surface area (Å²) < 4.78 is 123. The molecule has 0 bridgehead atoms. The topological polar surface area (TPSA) is 146 Å². The monoisotopic (exact) mass is 916 g/mol. The van der Waals surface area contributed by atoms with Gasteiger partial charge >= 0.3 is 0 Å². The number of nitrogens with one attached hydrogen (secondary N) is 2. The zero-order valence-corrected chi connectivity index (χ0v) is 35.2. The third kappa shape index (κ3) is 7.37. The van der Waals surface area contributed by atoms with Gasteiger partial charge in [0.1, 0.15) is 47.7 Å². The SMILES string of the molecule is CC(=O)C(C=O)Nc1nn(C)c2c(-n3c([C@H](Cc4cc(F)cc(F)c4)NC(=O)Cn4nc(C(F)F)c5c4C(F)(F)C4C[C@@H]54)nc4cc(C(F)(F)C(C)(C)C)ccc4c3=O)ccc(Cl)c12. The first-order valence-corrected chi connectivity index (χ1v) is 20.2. The minimum absolute atomic E-state index is 0.0180. The van der Waals surface area contributed by atoms with Gasteiger partial charge in [-0.2, -0.15) is 19.0 Å². The molecule has 1 saturated carbocycles. The molecule has 3 heterocycles. The summed E-state index contributed by atoms with van der Waals surface area (Å²) in [4.78, 5) is 57.8. The second-order valence-corrected chi connectivity index (χ2v) is 17.5. The smallest absolute Gasteiger partial charge is 0.293 e. The Balaban J connectivity index is 1.36. The van der Waals surface area contributed by atoms with E-state index in [2.05, 4.69) is 25.8 Å². The Kier molecular flexibility index (Phi) is 10.8. The van der Waals surface area contributed by atoms with E-state index in [1.165, 1.54) is 44.6 Å². The lowest BCUT2D eigenvalue weighted by Gasteiger charge is -2.31. The summed E-state index contributed by atoms with van der Waals surface area (Å²) in [7, 11) is 1.43. The van der Waals surface area contributed by atoms with E-state index in [0.717, 1.165) is 41.8 Å². The largest absolute Gasteiger partial charge is 0.352 e. The molecule has 0 saturated heterocycles. The Morgan fingerprint density at radius 1 is 1.03 bits per heavy atom. The van der Waals surface area contributed by atoms with E-state index >= 15 is 17.6 Å². The molecule has 1 amide bonds. The highest BCUT2D eigenvalue weighted by molar-refractivity contribution is 6.37. The molecule has 4 atom stereocenters. The van der Waals surface area contributed by atoms with Crippen LogP contribution in [0.25, 0.3) is 27.5 Å². The Labute approximate surface area is 362 Å². The van der Waals surface area contributed by atoms with Gasteiger partial charge in [-0.3, -0.25) is 28.3 Å². The molecule has 0 aliphatic heterocycles. The Morgan fingerprint density at radius 3 is 2.34 bits per heavy atom. The molecular formula is C43H37ClF8N8O4. The van der Waals surface area contributed by atoms with Gasteiger partial charge in [0, 0.05) is 42.0 Å². The number of alkyl halides is 6. The third-order valence-corrected chi connectivity index (χ3v) is 12.0. The molecule has 12 nitrogen and oxygen atoms in total. The van der Waals surface area contributed by atoms with Gasteiger partial charge in [-0.05, 0) is 61.2 Å². The molecular weight excluding hydrogens is 880 g/mol. The predicted octanol–water partition coefficient (Wildman–Crippen LogP) is 8.35. The molecule has 0 radical (unpaired) electrons. The number of benzene rings is 3. The van der Waals surface area contributed by atoms with Crippen molar-refractivity contribution < 1.29 is 49.5 Å². The van der Waals surface area contributed by atoms with Crippen molar-refractivity contribution in [2.24, 2.45) is 18.4 Å². The Bertz CT molecular complexity index is 2980. The lowest BCUT2D eigenvalue weighted by molar-refractivity contribution is -0.123. The summed E-state index contributed by atoms with van der Waals surface area (Å²) in [6.07, 6.45) is -3.53. The van der Waals surface area contributed by atoms with E-state index < -0.39 is 112 Å². The van der Waals surface area contributed by atoms with Crippen LogP contribution >= 0.6 is 11.6 Å². The van der Waals surface area contributed by atoms with Crippen LogP contribution < -0.4 is 16.2 Å². The van der Waals surface area contributed by atoms with Crippen molar-refractivity contribution in [3.05, 3.63) is 109 Å². The van der Waals surface area contributed by atoms with Gasteiger partial charge in [-0.25, -0.2) is 31.3 Å². The highest BCUT2D eigenvalue weighted by Gasteiger charge is 2.67. The first-order valence-electron chi connectivity index (χ1n) is 19.8. The maximum atomic E-state index is 15.9. The van der Waals surface area contributed by atoms with Gasteiger partial charge < -0.3 is 15.4 Å². The van der Waals surface area contributed by atoms with E-state index in [1.54, 1.807) is 0 Å². The zero-order valence-electron chi connectivity index (χ0n) is 34.4. The van der Waals surface area contributed by atoms with Crippen molar-refractivity contribution in [2.45, 2.75) is 83.4 Å². The minimum atomic E-state index is -3.60. The number of anilines is 1. The van der Waals surface area contributed by atoms with Crippen LogP contribution in [0.5, 0.6) is 0 Å². The Morgan fingerprint density at radius 2 is 1.72 bits per heavy atom.